The predicted octanol–water partition coefficient (Wildman–Crippen LogP) is 1.64. The van der Waals surface area contributed by atoms with Gasteiger partial charge in [-0.25, -0.2) is 0 Å². The highest BCUT2D eigenvalue weighted by Gasteiger charge is 2.34. The lowest BCUT2D eigenvalue weighted by atomic mass is 10.0. The number of halogens is 1. The first-order valence-electron chi connectivity index (χ1n) is 8.58. The fraction of sp³-hybridized carbons (Fsp3) is 0.611. The quantitative estimate of drug-likeness (QED) is 0.890. The number of nitrogens with zero attached hydrogens (tertiary/aromatic N) is 1. The Morgan fingerprint density at radius 3 is 2.39 bits per heavy atom. The third kappa shape index (κ3) is 3.87. The first kappa shape index (κ1) is 16.7. The van der Waals surface area contributed by atoms with Crippen LogP contribution in [-0.2, 0) is 4.74 Å². The minimum Gasteiger partial charge on any atom is -0.364 e. The molecule has 4 nitrogen and oxygen atoms in total. The number of rotatable bonds is 2. The standard InChI is InChI=1S/C18H25ClN2O2/c1-13-11-21(12-14(2)23-13)15-7-9-20(10-8-15)18(22)16-5-3-4-6-17(16)19/h3-6,13-15H,7-12H2,1-2H3/p+1/t13-,14-/m0/s1. The smallest absolute Gasteiger partial charge is 0.255 e. The zero-order chi connectivity index (χ0) is 16.4. The minimum absolute atomic E-state index is 0.0627. The molecule has 0 aliphatic carbocycles. The van der Waals surface area contributed by atoms with Crippen LogP contribution in [0.5, 0.6) is 0 Å². The Labute approximate surface area is 143 Å². The number of piperidine rings is 1. The Morgan fingerprint density at radius 2 is 1.78 bits per heavy atom. The normalized spacial score (nSPS) is 29.5. The number of hydrogen-bond donors (Lipinski definition) is 1. The molecule has 0 aromatic heterocycles. The van der Waals surface area contributed by atoms with Gasteiger partial charge in [0.2, 0.25) is 0 Å². The van der Waals surface area contributed by atoms with E-state index in [0.717, 1.165) is 39.0 Å². The lowest BCUT2D eigenvalue weighted by Crippen LogP contribution is -3.19. The Kier molecular flexibility index (Phi) is 5.24. The van der Waals surface area contributed by atoms with Gasteiger partial charge in [-0.1, -0.05) is 23.7 Å². The molecule has 2 aliphatic heterocycles. The summed E-state index contributed by atoms with van der Waals surface area (Å²) in [5.74, 6) is 0.0627. The molecule has 0 spiro atoms. The van der Waals surface area contributed by atoms with Crippen LogP contribution in [0.25, 0.3) is 0 Å². The predicted molar refractivity (Wildman–Crippen MR) is 91.1 cm³/mol. The third-order valence-corrected chi connectivity index (χ3v) is 5.36. The van der Waals surface area contributed by atoms with Crippen LogP contribution in [0.15, 0.2) is 24.3 Å². The van der Waals surface area contributed by atoms with Crippen molar-refractivity contribution >= 4 is 17.5 Å². The monoisotopic (exact) mass is 337 g/mol. The third-order valence-electron chi connectivity index (χ3n) is 5.03. The molecule has 0 unspecified atom stereocenters. The first-order chi connectivity index (χ1) is 11.0. The highest BCUT2D eigenvalue weighted by molar-refractivity contribution is 6.33. The van der Waals surface area contributed by atoms with Crippen molar-refractivity contribution in [3.8, 4) is 0 Å². The summed E-state index contributed by atoms with van der Waals surface area (Å²) < 4.78 is 5.84. The van der Waals surface area contributed by atoms with Gasteiger partial charge in [-0.05, 0) is 26.0 Å². The van der Waals surface area contributed by atoms with Crippen LogP contribution in [0.3, 0.4) is 0 Å². The molecule has 126 valence electrons. The van der Waals surface area contributed by atoms with Crippen LogP contribution in [0.4, 0.5) is 0 Å². The van der Waals surface area contributed by atoms with E-state index in [1.165, 1.54) is 0 Å². The van der Waals surface area contributed by atoms with Gasteiger partial charge in [-0.2, -0.15) is 0 Å². The van der Waals surface area contributed by atoms with Crippen molar-refractivity contribution in [2.75, 3.05) is 26.2 Å². The van der Waals surface area contributed by atoms with Crippen molar-refractivity contribution in [1.82, 2.24) is 4.90 Å². The number of amides is 1. The average Bonchev–Trinajstić information content (AvgIpc) is 2.54. The van der Waals surface area contributed by atoms with Crippen molar-refractivity contribution in [2.45, 2.75) is 44.9 Å². The Bertz CT molecular complexity index is 548. The van der Waals surface area contributed by atoms with Gasteiger partial charge in [0.25, 0.3) is 5.91 Å². The van der Waals surface area contributed by atoms with Crippen LogP contribution in [0.1, 0.15) is 37.0 Å². The maximum atomic E-state index is 12.6. The minimum atomic E-state index is 0.0627. The maximum absolute atomic E-state index is 12.6. The van der Waals surface area contributed by atoms with Crippen molar-refractivity contribution < 1.29 is 14.4 Å². The van der Waals surface area contributed by atoms with Gasteiger partial charge in [-0.15, -0.1) is 0 Å². The van der Waals surface area contributed by atoms with Crippen molar-refractivity contribution in [3.63, 3.8) is 0 Å². The number of ether oxygens (including phenoxy) is 1. The van der Waals surface area contributed by atoms with Gasteiger partial charge in [-0.3, -0.25) is 4.79 Å². The molecule has 0 saturated carbocycles. The molecule has 1 N–H and O–H groups in total. The number of hydrogen-bond acceptors (Lipinski definition) is 2. The lowest BCUT2D eigenvalue weighted by molar-refractivity contribution is -0.940. The molecule has 2 fully saturated rings. The van der Waals surface area contributed by atoms with Crippen LogP contribution < -0.4 is 4.90 Å². The van der Waals surface area contributed by atoms with E-state index in [9.17, 15) is 4.79 Å². The molecular weight excluding hydrogens is 312 g/mol. The van der Waals surface area contributed by atoms with E-state index in [2.05, 4.69) is 13.8 Å². The molecule has 23 heavy (non-hydrogen) atoms. The Balaban J connectivity index is 1.58. The molecule has 2 atom stereocenters. The van der Waals surface area contributed by atoms with Crippen molar-refractivity contribution in [3.05, 3.63) is 34.9 Å². The second-order valence-corrected chi connectivity index (χ2v) is 7.28. The summed E-state index contributed by atoms with van der Waals surface area (Å²) in [7, 11) is 0. The number of benzene rings is 1. The first-order valence-corrected chi connectivity index (χ1v) is 8.96. The molecule has 1 amide bonds. The van der Waals surface area contributed by atoms with E-state index in [1.54, 1.807) is 11.0 Å². The Hall–Kier alpha value is -1.10. The van der Waals surface area contributed by atoms with E-state index in [4.69, 9.17) is 16.3 Å². The Morgan fingerprint density at radius 1 is 1.17 bits per heavy atom. The highest BCUT2D eigenvalue weighted by Crippen LogP contribution is 2.19. The summed E-state index contributed by atoms with van der Waals surface area (Å²) in [5.41, 5.74) is 0.619. The number of quaternary nitrogens is 1. The molecule has 1 aromatic rings. The van der Waals surface area contributed by atoms with Crippen LogP contribution in [0.2, 0.25) is 5.02 Å². The molecular formula is C18H26ClN2O2+. The number of morpholine rings is 1. The summed E-state index contributed by atoms with van der Waals surface area (Å²) in [6.07, 6.45) is 2.78. The molecule has 2 heterocycles. The zero-order valence-electron chi connectivity index (χ0n) is 13.9. The number of carbonyl (C=O) groups is 1. The largest absolute Gasteiger partial charge is 0.364 e. The summed E-state index contributed by atoms with van der Waals surface area (Å²) in [4.78, 5) is 16.2. The second-order valence-electron chi connectivity index (χ2n) is 6.87. The molecule has 1 aromatic carbocycles. The van der Waals surface area contributed by atoms with E-state index < -0.39 is 0 Å². The fourth-order valence-corrected chi connectivity index (χ4v) is 4.16. The fourth-order valence-electron chi connectivity index (χ4n) is 3.94. The SMILES string of the molecule is C[C@H]1C[NH+](C2CCN(C(=O)c3ccccc3Cl)CC2)C[C@H](C)O1. The van der Waals surface area contributed by atoms with Gasteiger partial charge < -0.3 is 14.5 Å². The van der Waals surface area contributed by atoms with E-state index >= 15 is 0 Å². The number of carbonyl (C=O) groups excluding carboxylic acids is 1. The van der Waals surface area contributed by atoms with Crippen molar-refractivity contribution in [1.29, 1.82) is 0 Å². The van der Waals surface area contributed by atoms with Gasteiger partial charge in [0.1, 0.15) is 25.3 Å². The topological polar surface area (TPSA) is 34.0 Å². The molecule has 5 heteroatoms. The van der Waals surface area contributed by atoms with Gasteiger partial charge in [0.15, 0.2) is 0 Å². The van der Waals surface area contributed by atoms with Crippen molar-refractivity contribution in [2.24, 2.45) is 0 Å². The molecule has 0 bridgehead atoms. The number of nitrogens with one attached hydrogen (secondary N) is 1. The molecule has 3 rings (SSSR count). The zero-order valence-corrected chi connectivity index (χ0v) is 14.7. The van der Waals surface area contributed by atoms with Gasteiger partial charge >= 0.3 is 0 Å². The molecule has 2 saturated heterocycles. The average molecular weight is 338 g/mol. The maximum Gasteiger partial charge on any atom is 0.255 e. The summed E-state index contributed by atoms with van der Waals surface area (Å²) in [6.45, 7) is 8.11. The van der Waals surface area contributed by atoms with Gasteiger partial charge in [0.05, 0.1) is 16.6 Å². The molecule has 2 aliphatic rings. The highest BCUT2D eigenvalue weighted by atomic mass is 35.5. The van der Waals surface area contributed by atoms with E-state index in [-0.39, 0.29) is 5.91 Å². The van der Waals surface area contributed by atoms with Crippen LogP contribution >= 0.6 is 11.6 Å². The summed E-state index contributed by atoms with van der Waals surface area (Å²) in [6, 6.07) is 7.96. The second kappa shape index (κ2) is 7.20. The van der Waals surface area contributed by atoms with Gasteiger partial charge in [0, 0.05) is 25.9 Å². The van der Waals surface area contributed by atoms with E-state index in [0.29, 0.717) is 28.8 Å². The lowest BCUT2D eigenvalue weighted by Gasteiger charge is -2.41. The number of likely N-dealkylation sites (tertiary alicyclic amines) is 1. The summed E-state index contributed by atoms with van der Waals surface area (Å²) >= 11 is 6.16. The van der Waals surface area contributed by atoms with Crippen LogP contribution in [0, 0.1) is 0 Å². The van der Waals surface area contributed by atoms with Crippen LogP contribution in [-0.4, -0.2) is 55.2 Å². The van der Waals surface area contributed by atoms with E-state index in [1.807, 2.05) is 23.1 Å². The molecule has 0 radical (unpaired) electrons. The summed E-state index contributed by atoms with van der Waals surface area (Å²) in [5, 5.41) is 0.543.